The highest BCUT2D eigenvalue weighted by Gasteiger charge is 2.11. The average molecular weight is 382 g/mol. The molecule has 0 radical (unpaired) electrons. The molecule has 0 aliphatic heterocycles. The highest BCUT2D eigenvalue weighted by Crippen LogP contribution is 2.20. The number of pyridine rings is 1. The van der Waals surface area contributed by atoms with E-state index in [9.17, 15) is 4.79 Å². The van der Waals surface area contributed by atoms with E-state index < -0.39 is 0 Å². The van der Waals surface area contributed by atoms with Crippen LogP contribution < -0.4 is 5.32 Å². The molecule has 0 saturated carbocycles. The minimum Gasteiger partial charge on any atom is -0.352 e. The number of nitrogens with zero attached hydrogens (tertiary/aromatic N) is 2. The van der Waals surface area contributed by atoms with Gasteiger partial charge in [-0.1, -0.05) is 41.9 Å². The zero-order valence-corrected chi connectivity index (χ0v) is 16.5. The van der Waals surface area contributed by atoms with Crippen molar-refractivity contribution in [2.24, 2.45) is 0 Å². The second kappa shape index (κ2) is 8.98. The molecular formula is C22H24ClN3O. The van der Waals surface area contributed by atoms with E-state index in [1.165, 1.54) is 5.56 Å². The van der Waals surface area contributed by atoms with E-state index in [1.54, 1.807) is 0 Å². The van der Waals surface area contributed by atoms with E-state index in [4.69, 9.17) is 11.6 Å². The predicted molar refractivity (Wildman–Crippen MR) is 111 cm³/mol. The van der Waals surface area contributed by atoms with Crippen molar-refractivity contribution in [2.75, 3.05) is 20.1 Å². The van der Waals surface area contributed by atoms with Gasteiger partial charge in [0.1, 0.15) is 0 Å². The molecule has 5 heteroatoms. The summed E-state index contributed by atoms with van der Waals surface area (Å²) >= 11 is 6.05. The van der Waals surface area contributed by atoms with E-state index >= 15 is 0 Å². The van der Waals surface area contributed by atoms with Crippen LogP contribution >= 0.6 is 11.6 Å². The average Bonchev–Trinajstić information content (AvgIpc) is 2.65. The third-order valence-electron chi connectivity index (χ3n) is 4.51. The van der Waals surface area contributed by atoms with Gasteiger partial charge >= 0.3 is 0 Å². The van der Waals surface area contributed by atoms with Crippen molar-refractivity contribution in [2.45, 2.75) is 19.9 Å². The Hall–Kier alpha value is -2.43. The molecule has 3 aromatic rings. The number of aromatic nitrogens is 1. The van der Waals surface area contributed by atoms with Gasteiger partial charge < -0.3 is 10.2 Å². The molecule has 0 spiro atoms. The molecule has 0 unspecified atom stereocenters. The zero-order chi connectivity index (χ0) is 19.2. The highest BCUT2D eigenvalue weighted by atomic mass is 35.5. The number of rotatable bonds is 7. The molecule has 1 amide bonds. The first kappa shape index (κ1) is 19.3. The van der Waals surface area contributed by atoms with E-state index in [2.05, 4.69) is 46.5 Å². The van der Waals surface area contributed by atoms with Crippen molar-refractivity contribution in [3.05, 3.63) is 76.4 Å². The number of carbonyl (C=O) groups excluding carboxylic acids is 1. The Kier molecular flexibility index (Phi) is 6.43. The van der Waals surface area contributed by atoms with Crippen LogP contribution in [0, 0.1) is 6.92 Å². The van der Waals surface area contributed by atoms with Crippen molar-refractivity contribution in [3.63, 3.8) is 0 Å². The van der Waals surface area contributed by atoms with E-state index in [1.807, 2.05) is 37.3 Å². The largest absolute Gasteiger partial charge is 0.352 e. The highest BCUT2D eigenvalue weighted by molar-refractivity contribution is 6.31. The lowest BCUT2D eigenvalue weighted by molar-refractivity contribution is 0.0951. The summed E-state index contributed by atoms with van der Waals surface area (Å²) in [4.78, 5) is 19.3. The van der Waals surface area contributed by atoms with Crippen molar-refractivity contribution in [1.82, 2.24) is 15.2 Å². The van der Waals surface area contributed by atoms with Crippen LogP contribution in [0.15, 0.2) is 54.6 Å². The Labute approximate surface area is 165 Å². The number of hydrogen-bond donors (Lipinski definition) is 1. The fourth-order valence-corrected chi connectivity index (χ4v) is 3.27. The number of fused-ring (bicyclic) bond motifs is 1. The number of benzene rings is 2. The third-order valence-corrected chi connectivity index (χ3v) is 4.74. The van der Waals surface area contributed by atoms with Crippen LogP contribution in [0.4, 0.5) is 0 Å². The van der Waals surface area contributed by atoms with Crippen LogP contribution in [0.3, 0.4) is 0 Å². The number of aryl methyl sites for hydroxylation is 1. The molecule has 0 saturated heterocycles. The zero-order valence-electron chi connectivity index (χ0n) is 15.7. The maximum atomic E-state index is 12.5. The molecule has 140 valence electrons. The Balaban J connectivity index is 1.52. The van der Waals surface area contributed by atoms with Crippen LogP contribution in [0.1, 0.15) is 28.0 Å². The summed E-state index contributed by atoms with van der Waals surface area (Å²) in [7, 11) is 2.09. The van der Waals surface area contributed by atoms with Crippen LogP contribution in [-0.4, -0.2) is 35.9 Å². The molecule has 27 heavy (non-hydrogen) atoms. The number of carbonyl (C=O) groups is 1. The van der Waals surface area contributed by atoms with Gasteiger partial charge in [-0.2, -0.15) is 0 Å². The molecule has 0 fully saturated rings. The molecule has 0 aliphatic rings. The predicted octanol–water partition coefficient (Wildman–Crippen LogP) is 4.45. The molecular weight excluding hydrogens is 358 g/mol. The van der Waals surface area contributed by atoms with Gasteiger partial charge in [0.2, 0.25) is 0 Å². The van der Waals surface area contributed by atoms with Crippen LogP contribution in [0.2, 0.25) is 5.02 Å². The first-order valence-electron chi connectivity index (χ1n) is 9.10. The van der Waals surface area contributed by atoms with Gasteiger partial charge in [0.15, 0.2) is 0 Å². The van der Waals surface area contributed by atoms with Crippen LogP contribution in [0.25, 0.3) is 10.9 Å². The standard InChI is InChI=1S/C22H24ClN3O/c1-16-20(14-18-13-19(23)9-10-21(18)25-16)22(27)24-11-6-12-26(2)15-17-7-4-3-5-8-17/h3-5,7-10,13-14H,6,11-12,15H2,1-2H3,(H,24,27). The minimum absolute atomic E-state index is 0.0902. The molecule has 2 aromatic carbocycles. The quantitative estimate of drug-likeness (QED) is 0.615. The second-order valence-electron chi connectivity index (χ2n) is 6.79. The van der Waals surface area contributed by atoms with E-state index in [0.29, 0.717) is 17.1 Å². The van der Waals surface area contributed by atoms with Crippen molar-refractivity contribution < 1.29 is 4.79 Å². The summed E-state index contributed by atoms with van der Waals surface area (Å²) in [6, 6.07) is 17.7. The topological polar surface area (TPSA) is 45.2 Å². The first-order chi connectivity index (χ1) is 13.0. The maximum absolute atomic E-state index is 12.5. The van der Waals surface area contributed by atoms with Crippen molar-refractivity contribution in [1.29, 1.82) is 0 Å². The number of amides is 1. The monoisotopic (exact) mass is 381 g/mol. The lowest BCUT2D eigenvalue weighted by Gasteiger charge is -2.17. The van der Waals surface area contributed by atoms with Gasteiger partial charge in [-0.3, -0.25) is 9.78 Å². The van der Waals surface area contributed by atoms with Crippen LogP contribution in [-0.2, 0) is 6.54 Å². The van der Waals surface area contributed by atoms with Crippen molar-refractivity contribution >= 4 is 28.4 Å². The molecule has 0 atom stereocenters. The molecule has 1 aromatic heterocycles. The van der Waals surface area contributed by atoms with E-state index in [-0.39, 0.29) is 5.91 Å². The molecule has 3 rings (SSSR count). The smallest absolute Gasteiger partial charge is 0.253 e. The number of halogens is 1. The summed E-state index contributed by atoms with van der Waals surface area (Å²) < 4.78 is 0. The SMILES string of the molecule is Cc1nc2ccc(Cl)cc2cc1C(=O)NCCCN(C)Cc1ccccc1. The Morgan fingerprint density at radius 1 is 1.15 bits per heavy atom. The summed E-state index contributed by atoms with van der Waals surface area (Å²) in [5, 5.41) is 4.52. The Bertz CT molecular complexity index is 927. The van der Waals surface area contributed by atoms with E-state index in [0.717, 1.165) is 36.1 Å². The van der Waals surface area contributed by atoms with Gasteiger partial charge in [-0.25, -0.2) is 0 Å². The maximum Gasteiger partial charge on any atom is 0.253 e. The van der Waals surface area contributed by atoms with Gasteiger partial charge in [-0.05, 0) is 56.8 Å². The summed E-state index contributed by atoms with van der Waals surface area (Å²) in [6.45, 7) is 4.31. The minimum atomic E-state index is -0.0902. The Morgan fingerprint density at radius 3 is 2.70 bits per heavy atom. The van der Waals surface area contributed by atoms with Crippen LogP contribution in [0.5, 0.6) is 0 Å². The molecule has 0 bridgehead atoms. The summed E-state index contributed by atoms with van der Waals surface area (Å²) in [5.41, 5.74) is 3.46. The third kappa shape index (κ3) is 5.28. The molecule has 1 heterocycles. The summed E-state index contributed by atoms with van der Waals surface area (Å²) in [6.07, 6.45) is 0.890. The summed E-state index contributed by atoms with van der Waals surface area (Å²) in [5.74, 6) is -0.0902. The molecule has 4 nitrogen and oxygen atoms in total. The fourth-order valence-electron chi connectivity index (χ4n) is 3.09. The second-order valence-corrected chi connectivity index (χ2v) is 7.23. The van der Waals surface area contributed by atoms with Gasteiger partial charge in [0, 0.05) is 23.5 Å². The van der Waals surface area contributed by atoms with Gasteiger partial charge in [-0.15, -0.1) is 0 Å². The fraction of sp³-hybridized carbons (Fsp3) is 0.273. The number of nitrogens with one attached hydrogen (secondary N) is 1. The lowest BCUT2D eigenvalue weighted by atomic mass is 10.1. The lowest BCUT2D eigenvalue weighted by Crippen LogP contribution is -2.28. The normalized spacial score (nSPS) is 11.1. The van der Waals surface area contributed by atoms with Crippen molar-refractivity contribution in [3.8, 4) is 0 Å². The molecule has 1 N–H and O–H groups in total. The molecule has 0 aliphatic carbocycles. The van der Waals surface area contributed by atoms with Gasteiger partial charge in [0.05, 0.1) is 16.8 Å². The van der Waals surface area contributed by atoms with Gasteiger partial charge in [0.25, 0.3) is 5.91 Å². The number of hydrogen-bond acceptors (Lipinski definition) is 3. The Morgan fingerprint density at radius 2 is 1.93 bits per heavy atom. The first-order valence-corrected chi connectivity index (χ1v) is 9.48.